The van der Waals surface area contributed by atoms with Crippen LogP contribution in [0, 0.1) is 0 Å². The molecular formula is C15H21F3N4O. The van der Waals surface area contributed by atoms with E-state index in [1.165, 1.54) is 6.07 Å². The van der Waals surface area contributed by atoms with Gasteiger partial charge in [0, 0.05) is 25.3 Å². The van der Waals surface area contributed by atoms with Crippen molar-refractivity contribution in [2.24, 2.45) is 5.73 Å². The minimum atomic E-state index is -4.39. The summed E-state index contributed by atoms with van der Waals surface area (Å²) in [7, 11) is 0. The average Bonchev–Trinajstić information content (AvgIpc) is 2.46. The lowest BCUT2D eigenvalue weighted by atomic mass is 10.0. The smallest absolute Gasteiger partial charge is 0.355 e. The highest BCUT2D eigenvalue weighted by atomic mass is 19.4. The number of nitrogens with two attached hydrogens (primary N) is 1. The van der Waals surface area contributed by atoms with Crippen LogP contribution in [-0.4, -0.2) is 35.6 Å². The Morgan fingerprint density at radius 3 is 2.61 bits per heavy atom. The Hall–Kier alpha value is -1.83. The predicted octanol–water partition coefficient (Wildman–Crippen LogP) is 1.92. The van der Waals surface area contributed by atoms with E-state index in [1.54, 1.807) is 13.8 Å². The van der Waals surface area contributed by atoms with Gasteiger partial charge < -0.3 is 16.0 Å². The number of carbonyl (C=O) groups is 1. The Labute approximate surface area is 133 Å². The molecule has 1 fully saturated rings. The van der Waals surface area contributed by atoms with Crippen molar-refractivity contribution in [1.82, 2.24) is 10.3 Å². The molecule has 0 spiro atoms. The molecule has 0 unspecified atom stereocenters. The molecule has 1 aliphatic heterocycles. The minimum Gasteiger partial charge on any atom is -0.355 e. The van der Waals surface area contributed by atoms with Crippen molar-refractivity contribution >= 4 is 11.7 Å². The van der Waals surface area contributed by atoms with Crippen LogP contribution in [0.1, 0.15) is 32.3 Å². The van der Waals surface area contributed by atoms with Crippen LogP contribution >= 0.6 is 0 Å². The molecule has 128 valence electrons. The summed E-state index contributed by atoms with van der Waals surface area (Å²) in [6, 6.07) is 2.29. The van der Waals surface area contributed by atoms with Crippen molar-refractivity contribution in [3.8, 4) is 0 Å². The van der Waals surface area contributed by atoms with E-state index in [2.05, 4.69) is 10.3 Å². The van der Waals surface area contributed by atoms with E-state index in [-0.39, 0.29) is 11.9 Å². The topological polar surface area (TPSA) is 71.2 Å². The highest BCUT2D eigenvalue weighted by Gasteiger charge is 2.31. The van der Waals surface area contributed by atoms with E-state index in [0.29, 0.717) is 18.9 Å². The molecule has 8 heteroatoms. The summed E-state index contributed by atoms with van der Waals surface area (Å²) in [5.74, 6) is 0.230. The van der Waals surface area contributed by atoms with E-state index in [9.17, 15) is 18.0 Å². The van der Waals surface area contributed by atoms with E-state index in [0.717, 1.165) is 25.1 Å². The Morgan fingerprint density at radius 2 is 2.09 bits per heavy atom. The molecule has 1 amide bonds. The molecule has 1 aromatic rings. The molecule has 0 aromatic carbocycles. The summed E-state index contributed by atoms with van der Waals surface area (Å²) in [4.78, 5) is 17.7. The number of alkyl halides is 3. The molecule has 2 rings (SSSR count). The van der Waals surface area contributed by atoms with Gasteiger partial charge in [0.25, 0.3) is 0 Å². The monoisotopic (exact) mass is 330 g/mol. The van der Waals surface area contributed by atoms with Crippen LogP contribution in [0.2, 0.25) is 0 Å². The number of aromatic nitrogens is 1. The fraction of sp³-hybridized carbons (Fsp3) is 0.600. The summed E-state index contributed by atoms with van der Waals surface area (Å²) >= 11 is 0. The first-order valence-electron chi connectivity index (χ1n) is 7.45. The third-order valence-electron chi connectivity index (χ3n) is 3.74. The maximum absolute atomic E-state index is 12.6. The van der Waals surface area contributed by atoms with Gasteiger partial charge >= 0.3 is 6.18 Å². The van der Waals surface area contributed by atoms with Crippen molar-refractivity contribution in [3.05, 3.63) is 23.9 Å². The van der Waals surface area contributed by atoms with E-state index < -0.39 is 17.3 Å². The van der Waals surface area contributed by atoms with Crippen LogP contribution in [0.3, 0.4) is 0 Å². The largest absolute Gasteiger partial charge is 0.417 e. The second-order valence-electron chi connectivity index (χ2n) is 6.38. The first-order chi connectivity index (χ1) is 10.6. The van der Waals surface area contributed by atoms with E-state index >= 15 is 0 Å². The Morgan fingerprint density at radius 1 is 1.39 bits per heavy atom. The van der Waals surface area contributed by atoms with Crippen LogP contribution in [0.4, 0.5) is 19.0 Å². The lowest BCUT2D eigenvalue weighted by molar-refractivity contribution is -0.137. The maximum atomic E-state index is 12.6. The molecule has 0 radical (unpaired) electrons. The van der Waals surface area contributed by atoms with Crippen molar-refractivity contribution < 1.29 is 18.0 Å². The van der Waals surface area contributed by atoms with Crippen LogP contribution in [0.5, 0.6) is 0 Å². The van der Waals surface area contributed by atoms with Gasteiger partial charge in [-0.15, -0.1) is 0 Å². The van der Waals surface area contributed by atoms with Crippen LogP contribution in [-0.2, 0) is 11.0 Å². The number of amides is 1. The Kier molecular flexibility index (Phi) is 4.84. The van der Waals surface area contributed by atoms with Gasteiger partial charge in [0.15, 0.2) is 0 Å². The molecule has 3 N–H and O–H groups in total. The summed E-state index contributed by atoms with van der Waals surface area (Å²) in [6.07, 6.45) is -1.94. The van der Waals surface area contributed by atoms with Crippen molar-refractivity contribution in [3.63, 3.8) is 0 Å². The van der Waals surface area contributed by atoms with Crippen molar-refractivity contribution in [2.45, 2.75) is 44.4 Å². The minimum absolute atomic E-state index is 0.0943. The van der Waals surface area contributed by atoms with Gasteiger partial charge in [-0.2, -0.15) is 13.2 Å². The lowest BCUT2D eigenvalue weighted by Gasteiger charge is -2.35. The predicted molar refractivity (Wildman–Crippen MR) is 80.9 cm³/mol. The number of halogens is 3. The third kappa shape index (κ3) is 4.57. The molecule has 2 heterocycles. The lowest BCUT2D eigenvalue weighted by Crippen LogP contribution is -2.56. The van der Waals surface area contributed by atoms with Crippen LogP contribution in [0.15, 0.2) is 18.3 Å². The SMILES string of the molecule is CC(C)(N)C(=O)N[C@H]1CCCN(c2ccc(C(F)(F)F)cn2)C1. The third-order valence-corrected chi connectivity index (χ3v) is 3.74. The van der Waals surface area contributed by atoms with Gasteiger partial charge in [-0.3, -0.25) is 4.79 Å². The second-order valence-corrected chi connectivity index (χ2v) is 6.38. The summed E-state index contributed by atoms with van der Waals surface area (Å²) in [6.45, 7) is 4.44. The summed E-state index contributed by atoms with van der Waals surface area (Å²) < 4.78 is 37.7. The molecule has 1 aliphatic rings. The molecule has 1 atom stereocenters. The van der Waals surface area contributed by atoms with Gasteiger partial charge in [-0.05, 0) is 38.8 Å². The number of nitrogens with zero attached hydrogens (tertiary/aromatic N) is 2. The average molecular weight is 330 g/mol. The number of hydrogen-bond donors (Lipinski definition) is 2. The maximum Gasteiger partial charge on any atom is 0.417 e. The van der Waals surface area contributed by atoms with Gasteiger partial charge in [0.2, 0.25) is 5.91 Å². The summed E-state index contributed by atoms with van der Waals surface area (Å²) in [5, 5.41) is 2.88. The molecule has 1 saturated heterocycles. The molecule has 0 saturated carbocycles. The fourth-order valence-electron chi connectivity index (χ4n) is 2.42. The highest BCUT2D eigenvalue weighted by molar-refractivity contribution is 5.85. The highest BCUT2D eigenvalue weighted by Crippen LogP contribution is 2.29. The zero-order valence-corrected chi connectivity index (χ0v) is 13.2. The van der Waals surface area contributed by atoms with E-state index in [1.807, 2.05) is 4.90 Å². The molecule has 23 heavy (non-hydrogen) atoms. The van der Waals surface area contributed by atoms with Crippen LogP contribution in [0.25, 0.3) is 0 Å². The van der Waals surface area contributed by atoms with E-state index in [4.69, 9.17) is 5.73 Å². The van der Waals surface area contributed by atoms with Crippen molar-refractivity contribution in [2.75, 3.05) is 18.0 Å². The standard InChI is InChI=1S/C15H21F3N4O/c1-14(2,19)13(23)21-11-4-3-7-22(9-11)12-6-5-10(8-20-12)15(16,17)18/h5-6,8,11H,3-4,7,9,19H2,1-2H3,(H,21,23)/t11-/m0/s1. The molecule has 0 aliphatic carbocycles. The van der Waals surface area contributed by atoms with Crippen LogP contribution < -0.4 is 16.0 Å². The molecule has 0 bridgehead atoms. The van der Waals surface area contributed by atoms with Gasteiger partial charge in [0.1, 0.15) is 5.82 Å². The molecular weight excluding hydrogens is 309 g/mol. The number of piperidine rings is 1. The first-order valence-corrected chi connectivity index (χ1v) is 7.45. The Balaban J connectivity index is 2.02. The first kappa shape index (κ1) is 17.5. The quantitative estimate of drug-likeness (QED) is 0.888. The fourth-order valence-corrected chi connectivity index (χ4v) is 2.42. The molecule has 1 aromatic heterocycles. The zero-order chi connectivity index (χ0) is 17.3. The normalized spacial score (nSPS) is 19.6. The molecule has 5 nitrogen and oxygen atoms in total. The number of nitrogens with one attached hydrogen (secondary N) is 1. The van der Waals surface area contributed by atoms with Crippen molar-refractivity contribution in [1.29, 1.82) is 0 Å². The summed E-state index contributed by atoms with van der Waals surface area (Å²) in [5.41, 5.74) is 4.02. The van der Waals surface area contributed by atoms with Gasteiger partial charge in [-0.1, -0.05) is 0 Å². The number of carbonyl (C=O) groups excluding carboxylic acids is 1. The van der Waals surface area contributed by atoms with Gasteiger partial charge in [0.05, 0.1) is 11.1 Å². The Bertz CT molecular complexity index is 551. The second kappa shape index (κ2) is 6.35. The number of rotatable bonds is 3. The number of anilines is 1. The number of pyridine rings is 1. The van der Waals surface area contributed by atoms with Gasteiger partial charge in [-0.25, -0.2) is 4.98 Å². The number of hydrogen-bond acceptors (Lipinski definition) is 4. The zero-order valence-electron chi connectivity index (χ0n) is 13.2.